The molecule has 1 heterocycles. The van der Waals surface area contributed by atoms with Gasteiger partial charge in [0.05, 0.1) is 27.7 Å². The van der Waals surface area contributed by atoms with Gasteiger partial charge in [-0.15, -0.1) is 0 Å². The van der Waals surface area contributed by atoms with Gasteiger partial charge in [-0.05, 0) is 43.7 Å². The predicted octanol–water partition coefficient (Wildman–Crippen LogP) is 5.52. The number of unbranched alkanes of at least 4 members (excludes halogenated alkanes) is 1. The molecule has 0 bridgehead atoms. The van der Waals surface area contributed by atoms with Gasteiger partial charge in [-0.2, -0.15) is 0 Å². The first kappa shape index (κ1) is 22.9. The maximum absolute atomic E-state index is 13.8. The van der Waals surface area contributed by atoms with Crippen LogP contribution in [-0.4, -0.2) is 26.9 Å². The van der Waals surface area contributed by atoms with Crippen LogP contribution >= 0.6 is 11.6 Å². The number of carbonyl (C=O) groups excluding carboxylic acids is 1. The Balaban J connectivity index is 2.27. The molecule has 31 heavy (non-hydrogen) atoms. The molecule has 0 spiro atoms. The summed E-state index contributed by atoms with van der Waals surface area (Å²) in [5.41, 5.74) is 0.665. The fourth-order valence-corrected chi connectivity index (χ4v) is 3.77. The third kappa shape index (κ3) is 4.64. The average molecular weight is 444 g/mol. The Morgan fingerprint density at radius 3 is 2.55 bits per heavy atom. The second-order valence-corrected chi connectivity index (χ2v) is 8.35. The molecule has 0 fully saturated rings. The summed E-state index contributed by atoms with van der Waals surface area (Å²) in [5.74, 6) is -0.356. The van der Waals surface area contributed by atoms with Crippen molar-refractivity contribution < 1.29 is 9.18 Å². The van der Waals surface area contributed by atoms with Crippen molar-refractivity contribution in [3.8, 4) is 5.69 Å². The van der Waals surface area contributed by atoms with E-state index in [1.54, 1.807) is 23.1 Å². The number of nitrogens with zero attached hydrogens (tertiary/aromatic N) is 3. The quantitative estimate of drug-likeness (QED) is 0.482. The number of fused-ring (bicyclic) bond motifs is 1. The molecule has 0 aliphatic heterocycles. The number of carbonyl (C=O) groups is 1. The van der Waals surface area contributed by atoms with Crippen molar-refractivity contribution in [1.82, 2.24) is 14.5 Å². The summed E-state index contributed by atoms with van der Waals surface area (Å²) in [6, 6.07) is 10.7. The molecular formula is C24H27ClFN3O2. The smallest absolute Gasteiger partial charge is 0.266 e. The zero-order chi connectivity index (χ0) is 22.7. The lowest BCUT2D eigenvalue weighted by Gasteiger charge is -2.32. The van der Waals surface area contributed by atoms with Gasteiger partial charge in [-0.3, -0.25) is 14.2 Å². The van der Waals surface area contributed by atoms with Gasteiger partial charge in [-0.25, -0.2) is 9.37 Å². The Hall–Kier alpha value is -2.73. The molecule has 1 aromatic heterocycles. The molecule has 3 aromatic rings. The number of hydrogen-bond donors (Lipinski definition) is 0. The van der Waals surface area contributed by atoms with E-state index in [9.17, 15) is 14.0 Å². The maximum Gasteiger partial charge on any atom is 0.266 e. The average Bonchev–Trinajstić information content (AvgIpc) is 2.75. The van der Waals surface area contributed by atoms with Crippen molar-refractivity contribution in [2.24, 2.45) is 5.92 Å². The van der Waals surface area contributed by atoms with E-state index in [1.165, 1.54) is 22.8 Å². The Bertz CT molecular complexity index is 1160. The minimum absolute atomic E-state index is 0.00736. The Morgan fingerprint density at radius 1 is 1.19 bits per heavy atom. The van der Waals surface area contributed by atoms with E-state index in [4.69, 9.17) is 16.6 Å². The molecule has 0 N–H and O–H groups in total. The molecule has 0 aliphatic carbocycles. The number of rotatable bonds is 7. The number of halogens is 2. The number of hydrogen-bond acceptors (Lipinski definition) is 3. The van der Waals surface area contributed by atoms with Gasteiger partial charge in [0.25, 0.3) is 5.56 Å². The lowest BCUT2D eigenvalue weighted by atomic mass is 10.1. The van der Waals surface area contributed by atoms with E-state index in [0.29, 0.717) is 29.0 Å². The van der Waals surface area contributed by atoms with E-state index in [0.717, 1.165) is 12.8 Å². The minimum atomic E-state index is -0.568. The van der Waals surface area contributed by atoms with Crippen LogP contribution in [0.5, 0.6) is 0 Å². The molecule has 1 amide bonds. The van der Waals surface area contributed by atoms with Crippen LogP contribution in [0.3, 0.4) is 0 Å². The van der Waals surface area contributed by atoms with Gasteiger partial charge < -0.3 is 4.90 Å². The van der Waals surface area contributed by atoms with Crippen LogP contribution in [0.4, 0.5) is 4.39 Å². The third-order valence-corrected chi connectivity index (χ3v) is 5.62. The summed E-state index contributed by atoms with van der Waals surface area (Å²) in [7, 11) is 0. The second kappa shape index (κ2) is 9.60. The van der Waals surface area contributed by atoms with E-state index in [-0.39, 0.29) is 22.4 Å². The Labute approximate surface area is 186 Å². The molecule has 3 rings (SSSR count). The molecule has 0 radical (unpaired) electrons. The van der Waals surface area contributed by atoms with Crippen LogP contribution < -0.4 is 5.56 Å². The van der Waals surface area contributed by atoms with E-state index in [1.807, 2.05) is 26.8 Å². The van der Waals surface area contributed by atoms with Gasteiger partial charge >= 0.3 is 0 Å². The maximum atomic E-state index is 13.8. The zero-order valence-corrected chi connectivity index (χ0v) is 19.0. The second-order valence-electron chi connectivity index (χ2n) is 7.94. The van der Waals surface area contributed by atoms with Gasteiger partial charge in [0.2, 0.25) is 5.91 Å². The lowest BCUT2D eigenvalue weighted by molar-refractivity contribution is -0.137. The van der Waals surface area contributed by atoms with Crippen molar-refractivity contribution in [3.05, 3.63) is 69.5 Å². The molecule has 2 aromatic carbocycles. The normalized spacial score (nSPS) is 12.4. The van der Waals surface area contributed by atoms with Crippen molar-refractivity contribution in [2.75, 3.05) is 6.54 Å². The largest absolute Gasteiger partial charge is 0.333 e. The highest BCUT2D eigenvalue weighted by Crippen LogP contribution is 2.26. The molecule has 164 valence electrons. The molecule has 1 atom stereocenters. The molecule has 0 saturated heterocycles. The van der Waals surface area contributed by atoms with Crippen LogP contribution in [0, 0.1) is 11.7 Å². The lowest BCUT2D eigenvalue weighted by Crippen LogP contribution is -2.40. The zero-order valence-electron chi connectivity index (χ0n) is 18.2. The summed E-state index contributed by atoms with van der Waals surface area (Å²) in [6.45, 7) is 8.20. The summed E-state index contributed by atoms with van der Waals surface area (Å²) >= 11 is 6.01. The van der Waals surface area contributed by atoms with Crippen LogP contribution in [0.1, 0.15) is 52.4 Å². The fourth-order valence-electron chi connectivity index (χ4n) is 3.60. The van der Waals surface area contributed by atoms with Gasteiger partial charge in [0.1, 0.15) is 11.6 Å². The van der Waals surface area contributed by atoms with Crippen LogP contribution in [0.25, 0.3) is 16.6 Å². The standard InChI is InChI=1S/C24H27ClFN3O2/c1-5-6-13-28(23(30)15(2)3)16(4)22-27-21-10-8-7-9-18(21)24(31)29(22)17-11-12-20(26)19(25)14-17/h7-12,14-16H,5-6,13H2,1-4H3. The van der Waals surface area contributed by atoms with E-state index >= 15 is 0 Å². The summed E-state index contributed by atoms with van der Waals surface area (Å²) < 4.78 is 15.2. The van der Waals surface area contributed by atoms with E-state index < -0.39 is 11.9 Å². The third-order valence-electron chi connectivity index (χ3n) is 5.33. The van der Waals surface area contributed by atoms with Crippen molar-refractivity contribution in [3.63, 3.8) is 0 Å². The highest BCUT2D eigenvalue weighted by Gasteiger charge is 2.28. The molecule has 0 aliphatic rings. The molecular weight excluding hydrogens is 417 g/mol. The Kier molecular flexibility index (Phi) is 7.11. The van der Waals surface area contributed by atoms with Gasteiger partial charge in [0, 0.05) is 12.5 Å². The highest BCUT2D eigenvalue weighted by molar-refractivity contribution is 6.30. The monoisotopic (exact) mass is 443 g/mol. The first-order valence-corrected chi connectivity index (χ1v) is 10.9. The van der Waals surface area contributed by atoms with Crippen LogP contribution in [0.2, 0.25) is 5.02 Å². The molecule has 7 heteroatoms. The molecule has 0 saturated carbocycles. The summed E-state index contributed by atoms with van der Waals surface area (Å²) in [6.07, 6.45) is 1.77. The predicted molar refractivity (Wildman–Crippen MR) is 122 cm³/mol. The van der Waals surface area contributed by atoms with Gasteiger partial charge in [-0.1, -0.05) is 50.9 Å². The topological polar surface area (TPSA) is 55.2 Å². The number of aromatic nitrogens is 2. The SMILES string of the molecule is CCCCN(C(=O)C(C)C)C(C)c1nc2ccccc2c(=O)n1-c1ccc(F)c(Cl)c1. The summed E-state index contributed by atoms with van der Waals surface area (Å²) in [4.78, 5) is 33.0. The summed E-state index contributed by atoms with van der Waals surface area (Å²) in [5, 5.41) is 0.353. The van der Waals surface area contributed by atoms with Crippen LogP contribution in [-0.2, 0) is 4.79 Å². The first-order chi connectivity index (χ1) is 14.8. The van der Waals surface area contributed by atoms with E-state index in [2.05, 4.69) is 6.92 Å². The minimum Gasteiger partial charge on any atom is -0.333 e. The highest BCUT2D eigenvalue weighted by atomic mass is 35.5. The van der Waals surface area contributed by atoms with Crippen LogP contribution in [0.15, 0.2) is 47.3 Å². The fraction of sp³-hybridized carbons (Fsp3) is 0.375. The number of benzene rings is 2. The number of para-hydroxylation sites is 1. The van der Waals surface area contributed by atoms with Crippen molar-refractivity contribution in [2.45, 2.75) is 46.6 Å². The van der Waals surface area contributed by atoms with Crippen molar-refractivity contribution >= 4 is 28.4 Å². The number of amides is 1. The van der Waals surface area contributed by atoms with Crippen molar-refractivity contribution in [1.29, 1.82) is 0 Å². The van der Waals surface area contributed by atoms with Gasteiger partial charge in [0.15, 0.2) is 0 Å². The molecule has 5 nitrogen and oxygen atoms in total. The Morgan fingerprint density at radius 2 is 1.90 bits per heavy atom. The first-order valence-electron chi connectivity index (χ1n) is 10.5. The molecule has 1 unspecified atom stereocenters.